The van der Waals surface area contributed by atoms with Crippen molar-refractivity contribution < 1.29 is 9.59 Å². The van der Waals surface area contributed by atoms with E-state index in [0.717, 1.165) is 65.7 Å². The molecule has 2 aliphatic rings. The molecule has 3 aromatic rings. The van der Waals surface area contributed by atoms with Crippen LogP contribution in [0.3, 0.4) is 0 Å². The average Bonchev–Trinajstić information content (AvgIpc) is 3.29. The number of imidazole rings is 1. The van der Waals surface area contributed by atoms with E-state index in [2.05, 4.69) is 20.9 Å². The van der Waals surface area contributed by atoms with E-state index in [0.29, 0.717) is 31.6 Å². The number of rotatable bonds is 9. The number of amides is 2. The Morgan fingerprint density at radius 3 is 2.26 bits per heavy atom. The van der Waals surface area contributed by atoms with Crippen LogP contribution in [-0.2, 0) is 17.8 Å². The van der Waals surface area contributed by atoms with Crippen molar-refractivity contribution in [2.24, 2.45) is 0 Å². The molecule has 1 N–H and O–H groups in total. The first-order valence-electron chi connectivity index (χ1n) is 15.1. The maximum atomic E-state index is 14.1. The summed E-state index contributed by atoms with van der Waals surface area (Å²) in [5, 5.41) is 3.08. The van der Waals surface area contributed by atoms with Crippen LogP contribution in [0.25, 0.3) is 11.0 Å². The SMILES string of the molecule is Cc1ccc(C(=O)NCCCc2nc3ccccc3n2CC(=O)N(C2CCCCC2)C2CCCCC2)c(C)c1. The third kappa shape index (κ3) is 6.54. The Balaban J connectivity index is 1.29. The second-order valence-electron chi connectivity index (χ2n) is 11.7. The minimum absolute atomic E-state index is 0.0354. The van der Waals surface area contributed by atoms with Crippen LogP contribution in [0.4, 0.5) is 0 Å². The number of nitrogens with zero attached hydrogens (tertiary/aromatic N) is 3. The molecule has 1 aromatic heterocycles. The van der Waals surface area contributed by atoms with Gasteiger partial charge >= 0.3 is 0 Å². The molecule has 2 fully saturated rings. The molecule has 5 rings (SSSR count). The van der Waals surface area contributed by atoms with Crippen molar-refractivity contribution in [2.75, 3.05) is 6.54 Å². The van der Waals surface area contributed by atoms with Gasteiger partial charge in [-0.05, 0) is 69.7 Å². The van der Waals surface area contributed by atoms with Crippen LogP contribution < -0.4 is 5.32 Å². The highest BCUT2D eigenvalue weighted by atomic mass is 16.2. The van der Waals surface area contributed by atoms with Gasteiger partial charge in [-0.15, -0.1) is 0 Å². The first-order chi connectivity index (χ1) is 19.0. The van der Waals surface area contributed by atoms with Crippen molar-refractivity contribution in [3.63, 3.8) is 0 Å². The predicted molar refractivity (Wildman–Crippen MR) is 157 cm³/mol. The Labute approximate surface area is 233 Å². The van der Waals surface area contributed by atoms with E-state index in [9.17, 15) is 9.59 Å². The van der Waals surface area contributed by atoms with Crippen LogP contribution >= 0.6 is 0 Å². The normalized spacial score (nSPS) is 16.9. The molecule has 6 heteroatoms. The molecule has 0 unspecified atom stereocenters. The summed E-state index contributed by atoms with van der Waals surface area (Å²) in [6, 6.07) is 14.8. The minimum Gasteiger partial charge on any atom is -0.352 e. The maximum Gasteiger partial charge on any atom is 0.251 e. The highest BCUT2D eigenvalue weighted by Gasteiger charge is 2.33. The Hall–Kier alpha value is -3.15. The molecule has 0 saturated heterocycles. The second-order valence-corrected chi connectivity index (χ2v) is 11.7. The minimum atomic E-state index is -0.0354. The van der Waals surface area contributed by atoms with Crippen LogP contribution in [0, 0.1) is 13.8 Å². The summed E-state index contributed by atoms with van der Waals surface area (Å²) in [5.41, 5.74) is 4.83. The molecular formula is C33H44N4O2. The third-order valence-electron chi connectivity index (χ3n) is 8.74. The Bertz CT molecular complexity index is 1270. The third-order valence-corrected chi connectivity index (χ3v) is 8.74. The van der Waals surface area contributed by atoms with Crippen LogP contribution in [0.2, 0.25) is 0 Å². The molecule has 2 saturated carbocycles. The van der Waals surface area contributed by atoms with Gasteiger partial charge in [-0.3, -0.25) is 9.59 Å². The number of hydrogen-bond donors (Lipinski definition) is 1. The van der Waals surface area contributed by atoms with Gasteiger partial charge in [0.05, 0.1) is 11.0 Å². The number of carbonyl (C=O) groups excluding carboxylic acids is 2. The zero-order chi connectivity index (χ0) is 27.2. The fourth-order valence-corrected chi connectivity index (χ4v) is 6.75. The van der Waals surface area contributed by atoms with Gasteiger partial charge in [0, 0.05) is 30.6 Å². The Kier molecular flexibility index (Phi) is 9.00. The fourth-order valence-electron chi connectivity index (χ4n) is 6.75. The molecule has 0 aliphatic heterocycles. The number of hydrogen-bond acceptors (Lipinski definition) is 3. The van der Waals surface area contributed by atoms with Gasteiger partial charge in [0.2, 0.25) is 5.91 Å². The lowest BCUT2D eigenvalue weighted by Crippen LogP contribution is -2.50. The smallest absolute Gasteiger partial charge is 0.251 e. The van der Waals surface area contributed by atoms with E-state index < -0.39 is 0 Å². The van der Waals surface area contributed by atoms with Crippen molar-refractivity contribution in [1.29, 1.82) is 0 Å². The molecule has 39 heavy (non-hydrogen) atoms. The number of aromatic nitrogens is 2. The van der Waals surface area contributed by atoms with E-state index in [-0.39, 0.29) is 11.8 Å². The number of para-hydroxylation sites is 2. The quantitative estimate of drug-likeness (QED) is 0.322. The van der Waals surface area contributed by atoms with Gasteiger partial charge in [-0.2, -0.15) is 0 Å². The average molecular weight is 529 g/mol. The molecule has 2 amide bonds. The number of carbonyl (C=O) groups is 2. The monoisotopic (exact) mass is 528 g/mol. The molecule has 0 bridgehead atoms. The van der Waals surface area contributed by atoms with Crippen LogP contribution in [0.1, 0.15) is 97.9 Å². The topological polar surface area (TPSA) is 67.2 Å². The molecule has 1 heterocycles. The van der Waals surface area contributed by atoms with Gasteiger partial charge in [-0.1, -0.05) is 68.4 Å². The fraction of sp³-hybridized carbons (Fsp3) is 0.545. The van der Waals surface area contributed by atoms with Crippen LogP contribution in [-0.4, -0.2) is 44.9 Å². The molecule has 2 aromatic carbocycles. The number of aryl methyl sites for hydroxylation is 3. The van der Waals surface area contributed by atoms with Crippen molar-refractivity contribution in [1.82, 2.24) is 19.8 Å². The number of fused-ring (bicyclic) bond motifs is 1. The number of nitrogens with one attached hydrogen (secondary N) is 1. The molecule has 2 aliphatic carbocycles. The number of benzene rings is 2. The second kappa shape index (κ2) is 12.8. The first kappa shape index (κ1) is 27.4. The summed E-state index contributed by atoms with van der Waals surface area (Å²) in [5.74, 6) is 1.14. The van der Waals surface area contributed by atoms with Gasteiger partial charge in [0.25, 0.3) is 5.91 Å². The zero-order valence-corrected chi connectivity index (χ0v) is 23.8. The summed E-state index contributed by atoms with van der Waals surface area (Å²) in [6.45, 7) is 4.93. The van der Waals surface area contributed by atoms with Crippen LogP contribution in [0.15, 0.2) is 42.5 Å². The van der Waals surface area contributed by atoms with E-state index in [1.165, 1.54) is 38.5 Å². The highest BCUT2D eigenvalue weighted by Crippen LogP contribution is 2.31. The van der Waals surface area contributed by atoms with Gasteiger partial charge in [0.1, 0.15) is 12.4 Å². The first-order valence-corrected chi connectivity index (χ1v) is 15.1. The molecule has 0 radical (unpaired) electrons. The summed E-state index contributed by atoms with van der Waals surface area (Å²) in [4.78, 5) is 34.0. The summed E-state index contributed by atoms with van der Waals surface area (Å²) in [7, 11) is 0. The highest BCUT2D eigenvalue weighted by molar-refractivity contribution is 5.95. The largest absolute Gasteiger partial charge is 0.352 e. The molecule has 0 spiro atoms. The van der Waals surface area contributed by atoms with E-state index in [1.807, 2.05) is 50.2 Å². The summed E-state index contributed by atoms with van der Waals surface area (Å²) in [6.07, 6.45) is 13.5. The maximum absolute atomic E-state index is 14.1. The molecule has 208 valence electrons. The summed E-state index contributed by atoms with van der Waals surface area (Å²) < 4.78 is 2.14. The molecule has 0 atom stereocenters. The van der Waals surface area contributed by atoms with E-state index in [4.69, 9.17) is 4.98 Å². The Morgan fingerprint density at radius 1 is 0.923 bits per heavy atom. The van der Waals surface area contributed by atoms with Crippen molar-refractivity contribution in [2.45, 2.75) is 110 Å². The van der Waals surface area contributed by atoms with E-state index >= 15 is 0 Å². The van der Waals surface area contributed by atoms with Crippen molar-refractivity contribution in [3.05, 3.63) is 65.0 Å². The molecule has 6 nitrogen and oxygen atoms in total. The standard InChI is InChI=1S/C33H44N4O2/c1-24-19-20-28(25(2)22-24)33(39)34-21-11-18-31-35-29-16-9-10-17-30(29)36(31)23-32(38)37(26-12-5-3-6-13-26)27-14-7-4-8-15-27/h9-10,16-17,19-20,22,26-27H,3-8,11-15,18,21,23H2,1-2H3,(H,34,39). The van der Waals surface area contributed by atoms with Crippen LogP contribution in [0.5, 0.6) is 0 Å². The lowest BCUT2D eigenvalue weighted by Gasteiger charge is -2.42. The molecular weight excluding hydrogens is 484 g/mol. The van der Waals surface area contributed by atoms with E-state index in [1.54, 1.807) is 0 Å². The van der Waals surface area contributed by atoms with Crippen molar-refractivity contribution in [3.8, 4) is 0 Å². The lowest BCUT2D eigenvalue weighted by molar-refractivity contribution is -0.138. The van der Waals surface area contributed by atoms with Gasteiger partial charge in [0.15, 0.2) is 0 Å². The van der Waals surface area contributed by atoms with Crippen molar-refractivity contribution >= 4 is 22.8 Å². The predicted octanol–water partition coefficient (Wildman–Crippen LogP) is 6.51. The zero-order valence-electron chi connectivity index (χ0n) is 23.8. The lowest BCUT2D eigenvalue weighted by atomic mass is 9.88. The van der Waals surface area contributed by atoms with Gasteiger partial charge in [-0.25, -0.2) is 4.98 Å². The summed E-state index contributed by atoms with van der Waals surface area (Å²) >= 11 is 0. The van der Waals surface area contributed by atoms with Gasteiger partial charge < -0.3 is 14.8 Å². The Morgan fingerprint density at radius 2 is 1.59 bits per heavy atom.